The number of alkyl halides is 3. The standard InChI is InChI=1S/C19H13F5N6O2/c20-13-4-12-15(5-14(13)21)26-6-16(12)27-18(31)17-7-30(29-28-17)11-1-2-25-10(3-11)8-32-9-19(22,23)24/h1-7,26H,8-9H2,(H,27,31). The van der Waals surface area contributed by atoms with Crippen LogP contribution in [0.4, 0.5) is 27.6 Å². The van der Waals surface area contributed by atoms with Crippen LogP contribution >= 0.6 is 0 Å². The van der Waals surface area contributed by atoms with Crippen LogP contribution in [0.5, 0.6) is 0 Å². The molecule has 0 unspecified atom stereocenters. The summed E-state index contributed by atoms with van der Waals surface area (Å²) in [5.41, 5.74) is 1.03. The Balaban J connectivity index is 1.47. The quantitative estimate of drug-likeness (QED) is 0.435. The van der Waals surface area contributed by atoms with Gasteiger partial charge in [-0.3, -0.25) is 9.78 Å². The van der Waals surface area contributed by atoms with Crippen molar-refractivity contribution >= 4 is 22.5 Å². The lowest BCUT2D eigenvalue weighted by atomic mass is 10.2. The lowest BCUT2D eigenvalue weighted by Crippen LogP contribution is -2.17. The molecule has 0 aliphatic heterocycles. The highest BCUT2D eigenvalue weighted by Gasteiger charge is 2.27. The molecule has 2 N–H and O–H groups in total. The Morgan fingerprint density at radius 2 is 1.97 bits per heavy atom. The molecule has 1 aromatic carbocycles. The van der Waals surface area contributed by atoms with Crippen molar-refractivity contribution < 1.29 is 31.5 Å². The van der Waals surface area contributed by atoms with E-state index < -0.39 is 30.3 Å². The summed E-state index contributed by atoms with van der Waals surface area (Å²) in [7, 11) is 0. The van der Waals surface area contributed by atoms with Gasteiger partial charge in [-0.25, -0.2) is 13.5 Å². The molecular formula is C19H13F5N6O2. The van der Waals surface area contributed by atoms with Crippen LogP contribution in [0, 0.1) is 11.6 Å². The van der Waals surface area contributed by atoms with E-state index in [1.165, 1.54) is 35.4 Å². The third-order valence-electron chi connectivity index (χ3n) is 4.28. The van der Waals surface area contributed by atoms with E-state index in [4.69, 9.17) is 0 Å². The number of benzene rings is 1. The fraction of sp³-hybridized carbons (Fsp3) is 0.158. The first-order chi connectivity index (χ1) is 15.2. The van der Waals surface area contributed by atoms with E-state index in [0.717, 1.165) is 12.1 Å². The minimum absolute atomic E-state index is 0.0892. The molecule has 166 valence electrons. The molecule has 0 radical (unpaired) electrons. The van der Waals surface area contributed by atoms with Crippen LogP contribution in [0.15, 0.2) is 42.9 Å². The summed E-state index contributed by atoms with van der Waals surface area (Å²) in [4.78, 5) is 19.2. The van der Waals surface area contributed by atoms with Gasteiger partial charge in [-0.1, -0.05) is 5.21 Å². The van der Waals surface area contributed by atoms with Crippen molar-refractivity contribution in [3.8, 4) is 5.69 Å². The van der Waals surface area contributed by atoms with E-state index in [2.05, 4.69) is 30.3 Å². The highest BCUT2D eigenvalue weighted by molar-refractivity contribution is 6.07. The van der Waals surface area contributed by atoms with Gasteiger partial charge >= 0.3 is 6.18 Å². The van der Waals surface area contributed by atoms with Gasteiger partial charge in [-0.05, 0) is 18.2 Å². The number of carbonyl (C=O) groups excluding carboxylic acids is 1. The number of ether oxygens (including phenoxy) is 1. The fourth-order valence-electron chi connectivity index (χ4n) is 2.86. The van der Waals surface area contributed by atoms with Gasteiger partial charge in [0.05, 0.1) is 35.4 Å². The summed E-state index contributed by atoms with van der Waals surface area (Å²) in [6.45, 7) is -1.77. The molecule has 4 aromatic rings. The Labute approximate surface area is 176 Å². The van der Waals surface area contributed by atoms with Crippen LogP contribution in [0.3, 0.4) is 0 Å². The SMILES string of the molecule is O=C(Nc1c[nH]c2cc(F)c(F)cc12)c1cn(-c2ccnc(COCC(F)(F)F)c2)nn1. The molecule has 0 aliphatic carbocycles. The highest BCUT2D eigenvalue weighted by Crippen LogP contribution is 2.26. The fourth-order valence-corrected chi connectivity index (χ4v) is 2.86. The van der Waals surface area contributed by atoms with Crippen LogP contribution in [0.2, 0.25) is 0 Å². The van der Waals surface area contributed by atoms with E-state index in [-0.39, 0.29) is 29.1 Å². The normalized spacial score (nSPS) is 11.8. The van der Waals surface area contributed by atoms with Crippen molar-refractivity contribution in [2.24, 2.45) is 0 Å². The van der Waals surface area contributed by atoms with Gasteiger partial charge in [0.25, 0.3) is 5.91 Å². The summed E-state index contributed by atoms with van der Waals surface area (Å²) >= 11 is 0. The first-order valence-corrected chi connectivity index (χ1v) is 8.99. The van der Waals surface area contributed by atoms with Crippen molar-refractivity contribution in [2.45, 2.75) is 12.8 Å². The molecule has 0 atom stereocenters. The largest absolute Gasteiger partial charge is 0.411 e. The molecule has 0 fully saturated rings. The average molecular weight is 452 g/mol. The molecule has 0 spiro atoms. The van der Waals surface area contributed by atoms with Crippen molar-refractivity contribution in [2.75, 3.05) is 11.9 Å². The van der Waals surface area contributed by atoms with E-state index in [9.17, 15) is 26.7 Å². The summed E-state index contributed by atoms with van der Waals surface area (Å²) in [5.74, 6) is -2.75. The number of carbonyl (C=O) groups is 1. The number of amides is 1. The van der Waals surface area contributed by atoms with E-state index in [1.54, 1.807) is 0 Å². The predicted octanol–water partition coefficient (Wildman–Crippen LogP) is 3.75. The van der Waals surface area contributed by atoms with Crippen molar-refractivity contribution in [3.05, 3.63) is 65.9 Å². The maximum Gasteiger partial charge on any atom is 0.411 e. The summed E-state index contributed by atoms with van der Waals surface area (Å²) < 4.78 is 69.3. The van der Waals surface area contributed by atoms with Crippen LogP contribution in [0.1, 0.15) is 16.2 Å². The number of halogens is 5. The van der Waals surface area contributed by atoms with Crippen LogP contribution in [-0.2, 0) is 11.3 Å². The lowest BCUT2D eigenvalue weighted by molar-refractivity contribution is -0.176. The number of hydrogen-bond acceptors (Lipinski definition) is 5. The third-order valence-corrected chi connectivity index (χ3v) is 4.28. The molecule has 8 nitrogen and oxygen atoms in total. The number of fused-ring (bicyclic) bond motifs is 1. The maximum absolute atomic E-state index is 13.5. The van der Waals surface area contributed by atoms with Gasteiger partial charge in [0.1, 0.15) is 6.61 Å². The molecule has 0 aliphatic rings. The number of anilines is 1. The summed E-state index contributed by atoms with van der Waals surface area (Å²) in [6.07, 6.45) is -0.429. The Bertz CT molecular complexity index is 1280. The molecule has 13 heteroatoms. The summed E-state index contributed by atoms with van der Waals surface area (Å²) in [5, 5.41) is 10.4. The maximum atomic E-state index is 13.5. The van der Waals surface area contributed by atoms with E-state index in [0.29, 0.717) is 11.2 Å². The Kier molecular flexibility index (Phi) is 5.57. The molecule has 3 aromatic heterocycles. The van der Waals surface area contributed by atoms with Gasteiger partial charge in [0.15, 0.2) is 17.3 Å². The van der Waals surface area contributed by atoms with Gasteiger partial charge < -0.3 is 15.0 Å². The molecule has 0 bridgehead atoms. The zero-order valence-corrected chi connectivity index (χ0v) is 16.0. The number of aromatic amines is 1. The minimum atomic E-state index is -4.45. The molecule has 0 saturated heterocycles. The number of rotatable bonds is 6. The second-order valence-electron chi connectivity index (χ2n) is 6.63. The number of hydrogen-bond donors (Lipinski definition) is 2. The second-order valence-corrected chi connectivity index (χ2v) is 6.63. The van der Waals surface area contributed by atoms with Crippen molar-refractivity contribution in [1.29, 1.82) is 0 Å². The third kappa shape index (κ3) is 4.72. The Hall–Kier alpha value is -3.87. The molecule has 4 rings (SSSR count). The van der Waals surface area contributed by atoms with Gasteiger partial charge in [0.2, 0.25) is 0 Å². The van der Waals surface area contributed by atoms with Gasteiger partial charge in [-0.2, -0.15) is 13.2 Å². The average Bonchev–Trinajstić information content (AvgIpc) is 3.36. The van der Waals surface area contributed by atoms with Gasteiger partial charge in [0, 0.05) is 23.8 Å². The van der Waals surface area contributed by atoms with Gasteiger partial charge in [-0.15, -0.1) is 5.10 Å². The zero-order valence-electron chi connectivity index (χ0n) is 16.0. The number of H-pyrrole nitrogens is 1. The van der Waals surface area contributed by atoms with Crippen LogP contribution in [-0.4, -0.2) is 43.7 Å². The number of nitrogens with one attached hydrogen (secondary N) is 2. The smallest absolute Gasteiger partial charge is 0.366 e. The molecular weight excluding hydrogens is 439 g/mol. The molecule has 32 heavy (non-hydrogen) atoms. The lowest BCUT2D eigenvalue weighted by Gasteiger charge is -2.08. The van der Waals surface area contributed by atoms with E-state index in [1.807, 2.05) is 0 Å². The molecule has 0 saturated carbocycles. The van der Waals surface area contributed by atoms with Crippen molar-refractivity contribution in [1.82, 2.24) is 25.0 Å². The number of pyridine rings is 1. The van der Waals surface area contributed by atoms with Crippen LogP contribution in [0.25, 0.3) is 16.6 Å². The number of aromatic nitrogens is 5. The highest BCUT2D eigenvalue weighted by atomic mass is 19.4. The first-order valence-electron chi connectivity index (χ1n) is 8.99. The summed E-state index contributed by atoms with van der Waals surface area (Å²) in [6, 6.07) is 4.87. The minimum Gasteiger partial charge on any atom is -0.366 e. The predicted molar refractivity (Wildman–Crippen MR) is 101 cm³/mol. The topological polar surface area (TPSA) is 97.7 Å². The van der Waals surface area contributed by atoms with Crippen molar-refractivity contribution in [3.63, 3.8) is 0 Å². The number of nitrogens with zero attached hydrogens (tertiary/aromatic N) is 4. The Morgan fingerprint density at radius 3 is 2.75 bits per heavy atom. The molecule has 3 heterocycles. The van der Waals surface area contributed by atoms with E-state index >= 15 is 0 Å². The van der Waals surface area contributed by atoms with Crippen LogP contribution < -0.4 is 5.32 Å². The second kappa shape index (κ2) is 8.34. The first kappa shape index (κ1) is 21.4. The monoisotopic (exact) mass is 452 g/mol. The Morgan fingerprint density at radius 1 is 1.19 bits per heavy atom. The zero-order chi connectivity index (χ0) is 22.9. The molecule has 1 amide bonds.